The first-order chi connectivity index (χ1) is 18.6. The fourth-order valence-corrected chi connectivity index (χ4v) is 5.05. The number of nitrogens with zero attached hydrogens (tertiary/aromatic N) is 4. The van der Waals surface area contributed by atoms with Crippen molar-refractivity contribution < 1.29 is 37.2 Å². The Bertz CT molecular complexity index is 1210. The zero-order chi connectivity index (χ0) is 30.3. The molecule has 6 N–H and O–H groups in total. The lowest BCUT2D eigenvalue weighted by Gasteiger charge is -2.30. The van der Waals surface area contributed by atoms with Crippen LogP contribution in [0.15, 0.2) is 34.1 Å². The fraction of sp³-hybridized carbons (Fsp3) is 0.667. The third-order valence-corrected chi connectivity index (χ3v) is 7.85. The van der Waals surface area contributed by atoms with Crippen LogP contribution in [0.1, 0.15) is 59.4 Å². The average molecular weight is 579 g/mol. The molecule has 224 valence electrons. The summed E-state index contributed by atoms with van der Waals surface area (Å²) in [6.45, 7) is 5.77. The highest BCUT2D eigenvalue weighted by atomic mass is 19.3. The van der Waals surface area contributed by atoms with Crippen LogP contribution < -0.4 is 22.8 Å². The highest BCUT2D eigenvalue weighted by Gasteiger charge is 2.66. The third-order valence-electron chi connectivity index (χ3n) is 7.85. The van der Waals surface area contributed by atoms with Gasteiger partial charge < -0.3 is 31.2 Å². The summed E-state index contributed by atoms with van der Waals surface area (Å²) in [5.41, 5.74) is 6.05. The Kier molecular flexibility index (Phi) is 8.70. The highest BCUT2D eigenvalue weighted by Crippen LogP contribution is 2.54. The summed E-state index contributed by atoms with van der Waals surface area (Å²) < 4.78 is 69.3. The number of aromatic nitrogens is 4. The molecule has 2 fully saturated rings. The Balaban J connectivity index is 0.000000220. The van der Waals surface area contributed by atoms with Gasteiger partial charge in [-0.25, -0.2) is 18.4 Å². The van der Waals surface area contributed by atoms with E-state index >= 15 is 0 Å². The lowest BCUT2D eigenvalue weighted by Crippen LogP contribution is -2.48. The van der Waals surface area contributed by atoms with Gasteiger partial charge in [0.1, 0.15) is 17.2 Å². The average Bonchev–Trinajstić information content (AvgIpc) is 3.23. The van der Waals surface area contributed by atoms with E-state index in [0.717, 1.165) is 16.8 Å². The van der Waals surface area contributed by atoms with Crippen LogP contribution in [0.4, 0.5) is 29.2 Å². The third kappa shape index (κ3) is 5.08. The highest BCUT2D eigenvalue weighted by molar-refractivity contribution is 5.24. The lowest BCUT2D eigenvalue weighted by atomic mass is 9.82. The van der Waals surface area contributed by atoms with E-state index in [1.165, 1.54) is 26.1 Å². The van der Waals surface area contributed by atoms with Crippen molar-refractivity contribution >= 4 is 11.6 Å². The van der Waals surface area contributed by atoms with Crippen LogP contribution in [0.2, 0.25) is 0 Å². The van der Waals surface area contributed by atoms with Gasteiger partial charge in [0.05, 0.1) is 18.1 Å². The van der Waals surface area contributed by atoms with Crippen molar-refractivity contribution in [3.8, 4) is 0 Å². The van der Waals surface area contributed by atoms with Gasteiger partial charge in [-0.2, -0.15) is 18.7 Å². The quantitative estimate of drug-likeness (QED) is 0.368. The smallest absolute Gasteiger partial charge is 0.351 e. The molecule has 2 saturated heterocycles. The number of aliphatic hydroxyl groups excluding tert-OH is 2. The number of anilines is 2. The number of nitrogens with two attached hydrogens (primary N) is 2. The normalized spacial score (nSPS) is 30.1. The maximum absolute atomic E-state index is 14.5. The molecule has 0 amide bonds. The molecule has 0 unspecified atom stereocenters. The summed E-state index contributed by atoms with van der Waals surface area (Å²) in [4.78, 5) is 30.2. The summed E-state index contributed by atoms with van der Waals surface area (Å²) >= 11 is 0. The first kappa shape index (κ1) is 31.4. The molecule has 0 aromatic carbocycles. The number of aliphatic hydroxyl groups is 2. The Morgan fingerprint density at radius 2 is 1.25 bits per heavy atom. The molecule has 0 spiro atoms. The monoisotopic (exact) mass is 578 g/mol. The Hall–Kier alpha value is -3.08. The van der Waals surface area contributed by atoms with Crippen LogP contribution >= 0.6 is 0 Å². The summed E-state index contributed by atoms with van der Waals surface area (Å²) in [6, 6.07) is 2.47. The number of hydrogen-bond acceptors (Lipinski definition) is 10. The molecule has 2 aliphatic rings. The van der Waals surface area contributed by atoms with Gasteiger partial charge in [-0.3, -0.25) is 9.13 Å². The minimum Gasteiger partial charge on any atom is -0.393 e. The summed E-state index contributed by atoms with van der Waals surface area (Å²) in [5.74, 6) is -8.00. The largest absolute Gasteiger partial charge is 0.393 e. The standard InChI is InChI=1S/C13H19F2N3O2.C11H15F2N3O4/c1-4-12(5-2)8(3)13(14,15)10(20-12)18-7-6-9(16)17-11(18)19;1-2-10(5-17)7(18)11(12,13)8(20-10)16-4-3-6(14)15-9(16)19/h6-8,10H,4-5H2,1-3H3,(H2,16,17,19);3-4,7-8,17-18H,2,5H2,1H3,(H2,14,15,19)/t8-,10-;7-,8-,10-/m11/s1. The molecule has 2 aromatic heterocycles. The summed E-state index contributed by atoms with van der Waals surface area (Å²) in [7, 11) is 0. The van der Waals surface area contributed by atoms with Crippen LogP contribution in [0.5, 0.6) is 0 Å². The second-order valence-corrected chi connectivity index (χ2v) is 9.85. The Morgan fingerprint density at radius 3 is 1.57 bits per heavy atom. The number of ether oxygens (including phenoxy) is 2. The number of alkyl halides is 4. The first-order valence-electron chi connectivity index (χ1n) is 12.7. The molecule has 0 aliphatic carbocycles. The van der Waals surface area contributed by atoms with E-state index in [0.29, 0.717) is 17.4 Å². The zero-order valence-electron chi connectivity index (χ0n) is 22.4. The van der Waals surface area contributed by atoms with E-state index in [9.17, 15) is 37.4 Å². The molecule has 4 heterocycles. The summed E-state index contributed by atoms with van der Waals surface area (Å²) in [6.07, 6.45) is -2.85. The van der Waals surface area contributed by atoms with Crippen LogP contribution in [0.25, 0.3) is 0 Å². The van der Waals surface area contributed by atoms with Crippen LogP contribution in [0, 0.1) is 5.92 Å². The topological polar surface area (TPSA) is 181 Å². The van der Waals surface area contributed by atoms with Gasteiger partial charge in [-0.1, -0.05) is 27.7 Å². The van der Waals surface area contributed by atoms with Gasteiger partial charge in [0.15, 0.2) is 6.10 Å². The van der Waals surface area contributed by atoms with Crippen LogP contribution in [0.3, 0.4) is 0 Å². The van der Waals surface area contributed by atoms with Gasteiger partial charge in [-0.05, 0) is 31.4 Å². The Labute approximate surface area is 226 Å². The summed E-state index contributed by atoms with van der Waals surface area (Å²) in [5, 5.41) is 19.0. The van der Waals surface area contributed by atoms with Gasteiger partial charge in [0, 0.05) is 12.4 Å². The van der Waals surface area contributed by atoms with Gasteiger partial charge in [-0.15, -0.1) is 0 Å². The van der Waals surface area contributed by atoms with E-state index in [1.807, 2.05) is 13.8 Å². The molecule has 12 nitrogen and oxygen atoms in total. The molecule has 0 radical (unpaired) electrons. The molecule has 5 atom stereocenters. The maximum Gasteiger partial charge on any atom is 0.351 e. The van der Waals surface area contributed by atoms with Crippen molar-refractivity contribution in [1.82, 2.24) is 19.1 Å². The van der Waals surface area contributed by atoms with Gasteiger partial charge >= 0.3 is 17.3 Å². The molecule has 0 bridgehead atoms. The van der Waals surface area contributed by atoms with E-state index in [2.05, 4.69) is 9.97 Å². The number of halogens is 4. The van der Waals surface area contributed by atoms with Crippen LogP contribution in [-0.4, -0.2) is 65.1 Å². The number of nitrogen functional groups attached to an aromatic ring is 2. The molecule has 2 aromatic rings. The van der Waals surface area contributed by atoms with Crippen molar-refractivity contribution in [1.29, 1.82) is 0 Å². The van der Waals surface area contributed by atoms with E-state index in [4.69, 9.17) is 20.9 Å². The molecule has 40 heavy (non-hydrogen) atoms. The Morgan fingerprint density at radius 1 is 0.850 bits per heavy atom. The van der Waals surface area contributed by atoms with Gasteiger partial charge in [0.2, 0.25) is 12.5 Å². The minimum atomic E-state index is -3.75. The zero-order valence-corrected chi connectivity index (χ0v) is 22.4. The second-order valence-electron chi connectivity index (χ2n) is 9.85. The first-order valence-corrected chi connectivity index (χ1v) is 12.7. The van der Waals surface area contributed by atoms with Crippen molar-refractivity contribution in [3.05, 3.63) is 45.5 Å². The number of hydrogen-bond donors (Lipinski definition) is 4. The second kappa shape index (κ2) is 11.1. The maximum atomic E-state index is 14.5. The molecule has 2 aliphatic heterocycles. The van der Waals surface area contributed by atoms with Crippen molar-refractivity contribution in [2.75, 3.05) is 18.1 Å². The fourth-order valence-electron chi connectivity index (χ4n) is 5.05. The van der Waals surface area contributed by atoms with E-state index in [-0.39, 0.29) is 18.1 Å². The van der Waals surface area contributed by atoms with E-state index in [1.54, 1.807) is 0 Å². The van der Waals surface area contributed by atoms with Crippen LogP contribution in [-0.2, 0) is 9.47 Å². The molecule has 16 heteroatoms. The predicted octanol–water partition coefficient (Wildman–Crippen LogP) is 1.68. The van der Waals surface area contributed by atoms with Crippen molar-refractivity contribution in [2.24, 2.45) is 5.92 Å². The molecule has 0 saturated carbocycles. The molecule has 4 rings (SSSR count). The lowest BCUT2D eigenvalue weighted by molar-refractivity contribution is -0.145. The number of rotatable bonds is 6. The van der Waals surface area contributed by atoms with Crippen molar-refractivity contribution in [2.45, 2.75) is 88.6 Å². The SMILES string of the molecule is CCC1(CC)O[C@@H](n2ccc(N)nc2=O)C(F)(F)[C@@H]1C.CC[C@]1(CO)O[C@@H](n2ccc(N)nc2=O)C(F)(F)[C@@H]1O. The minimum absolute atomic E-state index is 0.00198. The predicted molar refractivity (Wildman–Crippen MR) is 135 cm³/mol. The van der Waals surface area contributed by atoms with E-state index < -0.39 is 65.5 Å². The van der Waals surface area contributed by atoms with Gasteiger partial charge in [0.25, 0.3) is 5.92 Å². The van der Waals surface area contributed by atoms with Crippen molar-refractivity contribution in [3.63, 3.8) is 0 Å². The molecular weight excluding hydrogens is 544 g/mol. The molecular formula is C24H34F4N6O6.